The summed E-state index contributed by atoms with van der Waals surface area (Å²) >= 11 is 0. The van der Waals surface area contributed by atoms with E-state index in [1.807, 2.05) is 45.0 Å². The lowest BCUT2D eigenvalue weighted by Gasteiger charge is -2.17. The molecule has 0 heterocycles. The van der Waals surface area contributed by atoms with E-state index in [2.05, 4.69) is 10.6 Å². The standard InChI is InChI=1S/C19H23FN2O2/c1-13(2)24-17-9-6-8-15(11-17)14(3)22-19(23)21-12-16-7-4-5-10-18(16)20/h4-11,13-14H,12H2,1-3H3,(H2,21,22,23). The zero-order valence-corrected chi connectivity index (χ0v) is 14.2. The summed E-state index contributed by atoms with van der Waals surface area (Å²) in [5.74, 6) is 0.437. The summed E-state index contributed by atoms with van der Waals surface area (Å²) in [4.78, 5) is 12.0. The number of carbonyl (C=O) groups is 1. The molecule has 0 aromatic heterocycles. The molecule has 24 heavy (non-hydrogen) atoms. The highest BCUT2D eigenvalue weighted by Gasteiger charge is 2.11. The van der Waals surface area contributed by atoms with Crippen molar-refractivity contribution in [3.63, 3.8) is 0 Å². The molecule has 2 aromatic rings. The molecule has 0 bridgehead atoms. The number of benzene rings is 2. The van der Waals surface area contributed by atoms with Crippen molar-refractivity contribution < 1.29 is 13.9 Å². The van der Waals surface area contributed by atoms with Crippen LogP contribution in [0.5, 0.6) is 5.75 Å². The number of amides is 2. The molecule has 1 atom stereocenters. The van der Waals surface area contributed by atoms with Gasteiger partial charge in [0.2, 0.25) is 0 Å². The van der Waals surface area contributed by atoms with E-state index in [4.69, 9.17) is 4.74 Å². The highest BCUT2D eigenvalue weighted by molar-refractivity contribution is 5.74. The van der Waals surface area contributed by atoms with Gasteiger partial charge in [-0.3, -0.25) is 0 Å². The summed E-state index contributed by atoms with van der Waals surface area (Å²) in [7, 11) is 0. The molecule has 4 nitrogen and oxygen atoms in total. The van der Waals surface area contributed by atoms with Crippen LogP contribution in [0.25, 0.3) is 0 Å². The Hall–Kier alpha value is -2.56. The Morgan fingerprint density at radius 2 is 1.88 bits per heavy atom. The molecule has 0 aliphatic carbocycles. The lowest BCUT2D eigenvalue weighted by molar-refractivity contribution is 0.236. The summed E-state index contributed by atoms with van der Waals surface area (Å²) in [6.45, 7) is 5.95. The van der Waals surface area contributed by atoms with Gasteiger partial charge in [0.1, 0.15) is 11.6 Å². The second-order valence-electron chi connectivity index (χ2n) is 5.88. The van der Waals surface area contributed by atoms with Gasteiger partial charge >= 0.3 is 6.03 Å². The predicted molar refractivity (Wildman–Crippen MR) is 92.4 cm³/mol. The number of carbonyl (C=O) groups excluding carboxylic acids is 1. The van der Waals surface area contributed by atoms with Crippen molar-refractivity contribution in [2.75, 3.05) is 0 Å². The van der Waals surface area contributed by atoms with Crippen molar-refractivity contribution in [3.8, 4) is 5.75 Å². The smallest absolute Gasteiger partial charge is 0.315 e. The van der Waals surface area contributed by atoms with Crippen LogP contribution < -0.4 is 15.4 Å². The maximum absolute atomic E-state index is 13.5. The Morgan fingerprint density at radius 1 is 1.12 bits per heavy atom. The molecule has 0 aliphatic rings. The largest absolute Gasteiger partial charge is 0.491 e. The number of rotatable bonds is 6. The molecule has 128 valence electrons. The SMILES string of the molecule is CC(C)Oc1cccc(C(C)NC(=O)NCc2ccccc2F)c1. The maximum atomic E-state index is 13.5. The van der Waals surface area contributed by atoms with Gasteiger partial charge in [-0.1, -0.05) is 30.3 Å². The van der Waals surface area contributed by atoms with Crippen LogP contribution in [-0.4, -0.2) is 12.1 Å². The minimum Gasteiger partial charge on any atom is -0.491 e. The highest BCUT2D eigenvalue weighted by atomic mass is 19.1. The summed E-state index contributed by atoms with van der Waals surface area (Å²) in [6, 6.07) is 13.4. The van der Waals surface area contributed by atoms with Crippen molar-refractivity contribution in [1.82, 2.24) is 10.6 Å². The molecule has 2 amide bonds. The molecule has 0 aliphatic heterocycles. The first-order valence-electron chi connectivity index (χ1n) is 8.00. The van der Waals surface area contributed by atoms with Crippen LogP contribution in [0.15, 0.2) is 48.5 Å². The Kier molecular flexibility index (Phi) is 6.18. The molecule has 1 unspecified atom stereocenters. The zero-order valence-electron chi connectivity index (χ0n) is 14.2. The number of urea groups is 1. The van der Waals surface area contributed by atoms with Crippen LogP contribution >= 0.6 is 0 Å². The van der Waals surface area contributed by atoms with Gasteiger partial charge < -0.3 is 15.4 Å². The Labute approximate surface area is 142 Å². The predicted octanol–water partition coefficient (Wildman–Crippen LogP) is 4.17. The van der Waals surface area contributed by atoms with E-state index >= 15 is 0 Å². The lowest BCUT2D eigenvalue weighted by atomic mass is 10.1. The van der Waals surface area contributed by atoms with Gasteiger partial charge in [-0.2, -0.15) is 0 Å². The van der Waals surface area contributed by atoms with E-state index in [1.54, 1.807) is 18.2 Å². The molecule has 0 saturated carbocycles. The topological polar surface area (TPSA) is 50.4 Å². The third-order valence-corrected chi connectivity index (χ3v) is 3.47. The van der Waals surface area contributed by atoms with E-state index in [1.165, 1.54) is 6.07 Å². The maximum Gasteiger partial charge on any atom is 0.315 e. The Balaban J connectivity index is 1.90. The van der Waals surface area contributed by atoms with Crippen LogP contribution in [0, 0.1) is 5.82 Å². The molecule has 5 heteroatoms. The monoisotopic (exact) mass is 330 g/mol. The van der Waals surface area contributed by atoms with E-state index in [0.29, 0.717) is 5.56 Å². The molecule has 0 spiro atoms. The van der Waals surface area contributed by atoms with Crippen LogP contribution in [0.3, 0.4) is 0 Å². The number of halogens is 1. The van der Waals surface area contributed by atoms with Gasteiger partial charge in [0, 0.05) is 12.1 Å². The average molecular weight is 330 g/mol. The average Bonchev–Trinajstić information content (AvgIpc) is 2.53. The lowest BCUT2D eigenvalue weighted by Crippen LogP contribution is -2.36. The molecular formula is C19H23FN2O2. The molecule has 0 fully saturated rings. The highest BCUT2D eigenvalue weighted by Crippen LogP contribution is 2.20. The molecule has 2 rings (SSSR count). The molecule has 0 saturated heterocycles. The van der Waals surface area contributed by atoms with Gasteiger partial charge in [0.05, 0.1) is 12.1 Å². The van der Waals surface area contributed by atoms with Gasteiger partial charge in [-0.25, -0.2) is 9.18 Å². The molecule has 2 N–H and O–H groups in total. The van der Waals surface area contributed by atoms with E-state index in [-0.39, 0.29) is 30.5 Å². The summed E-state index contributed by atoms with van der Waals surface area (Å²) in [5.41, 5.74) is 1.39. The number of ether oxygens (including phenoxy) is 1. The van der Waals surface area contributed by atoms with Crippen LogP contribution in [0.2, 0.25) is 0 Å². The fraction of sp³-hybridized carbons (Fsp3) is 0.316. The third-order valence-electron chi connectivity index (χ3n) is 3.47. The fourth-order valence-corrected chi connectivity index (χ4v) is 2.28. The second-order valence-corrected chi connectivity index (χ2v) is 5.88. The summed E-state index contributed by atoms with van der Waals surface area (Å²) in [6.07, 6.45) is 0.0904. The summed E-state index contributed by atoms with van der Waals surface area (Å²) in [5, 5.41) is 5.50. The van der Waals surface area contributed by atoms with Crippen molar-refractivity contribution in [1.29, 1.82) is 0 Å². The van der Waals surface area contributed by atoms with Gasteiger partial charge in [-0.05, 0) is 44.5 Å². The number of nitrogens with one attached hydrogen (secondary N) is 2. The normalized spacial score (nSPS) is 11.9. The van der Waals surface area contributed by atoms with E-state index in [0.717, 1.165) is 11.3 Å². The molecular weight excluding hydrogens is 307 g/mol. The Morgan fingerprint density at radius 3 is 2.58 bits per heavy atom. The quantitative estimate of drug-likeness (QED) is 0.835. The van der Waals surface area contributed by atoms with E-state index < -0.39 is 0 Å². The van der Waals surface area contributed by atoms with Crippen molar-refractivity contribution in [3.05, 3.63) is 65.5 Å². The van der Waals surface area contributed by atoms with Crippen molar-refractivity contribution in [2.45, 2.75) is 39.5 Å². The summed E-state index contributed by atoms with van der Waals surface area (Å²) < 4.78 is 19.2. The minimum absolute atomic E-state index is 0.0904. The van der Waals surface area contributed by atoms with Gasteiger partial charge in [-0.15, -0.1) is 0 Å². The van der Waals surface area contributed by atoms with Gasteiger partial charge in [0.25, 0.3) is 0 Å². The van der Waals surface area contributed by atoms with Gasteiger partial charge in [0.15, 0.2) is 0 Å². The van der Waals surface area contributed by atoms with Crippen LogP contribution in [0.4, 0.5) is 9.18 Å². The van der Waals surface area contributed by atoms with E-state index in [9.17, 15) is 9.18 Å². The Bertz CT molecular complexity index is 689. The first kappa shape index (κ1) is 17.8. The van der Waals surface area contributed by atoms with Crippen LogP contribution in [0.1, 0.15) is 37.9 Å². The number of hydrogen-bond donors (Lipinski definition) is 2. The first-order valence-corrected chi connectivity index (χ1v) is 8.00. The van der Waals surface area contributed by atoms with Crippen LogP contribution in [-0.2, 0) is 6.54 Å². The minimum atomic E-state index is -0.346. The molecule has 0 radical (unpaired) electrons. The molecule has 2 aromatic carbocycles. The first-order chi connectivity index (χ1) is 11.5. The van der Waals surface area contributed by atoms with Crippen molar-refractivity contribution in [2.24, 2.45) is 0 Å². The number of hydrogen-bond acceptors (Lipinski definition) is 2. The second kappa shape index (κ2) is 8.34. The third kappa shape index (κ3) is 5.26. The fourth-order valence-electron chi connectivity index (χ4n) is 2.28. The zero-order chi connectivity index (χ0) is 17.5. The van der Waals surface area contributed by atoms with Crippen molar-refractivity contribution >= 4 is 6.03 Å².